The Morgan fingerprint density at radius 3 is 2.52 bits per heavy atom. The molecule has 0 saturated carbocycles. The first-order valence-electron chi connectivity index (χ1n) is 7.62. The fourth-order valence-electron chi connectivity index (χ4n) is 1.91. The molecule has 1 radical (unpaired) electrons. The number of carbonyl (C=O) groups excluding carboxylic acids is 1. The van der Waals surface area contributed by atoms with Crippen LogP contribution in [0.3, 0.4) is 0 Å². The molecule has 0 amide bonds. The van der Waals surface area contributed by atoms with Gasteiger partial charge in [-0.25, -0.2) is 4.79 Å². The van der Waals surface area contributed by atoms with Crippen molar-refractivity contribution in [2.75, 3.05) is 6.61 Å². The third-order valence-electron chi connectivity index (χ3n) is 3.05. The first kappa shape index (κ1) is 17.5. The normalized spacial score (nSPS) is 10.7. The Balaban J connectivity index is 2.39. The van der Waals surface area contributed by atoms with Crippen LogP contribution in [0, 0.1) is 6.10 Å². The predicted molar refractivity (Wildman–Crippen MR) is 81.8 cm³/mol. The Kier molecular flexibility index (Phi) is 8.51. The lowest BCUT2D eigenvalue weighted by Crippen LogP contribution is -2.10. The van der Waals surface area contributed by atoms with E-state index in [9.17, 15) is 4.79 Å². The van der Waals surface area contributed by atoms with Crippen molar-refractivity contribution in [3.63, 3.8) is 0 Å². The minimum Gasteiger partial charge on any atom is -0.493 e. The van der Waals surface area contributed by atoms with Gasteiger partial charge in [0.1, 0.15) is 17.4 Å². The Labute approximate surface area is 127 Å². The molecule has 1 aromatic rings. The number of hydrogen-bond acceptors (Lipinski definition) is 4. The highest BCUT2D eigenvalue weighted by molar-refractivity contribution is 5.92. The number of hydrogen-bond donors (Lipinski definition) is 0. The zero-order chi connectivity index (χ0) is 15.5. The van der Waals surface area contributed by atoms with Crippen molar-refractivity contribution in [1.29, 1.82) is 0 Å². The van der Waals surface area contributed by atoms with Crippen LogP contribution >= 0.6 is 0 Å². The molecule has 4 heteroatoms. The van der Waals surface area contributed by atoms with Crippen molar-refractivity contribution < 1.29 is 19.3 Å². The standard InChI is InChI=1S/C17H25O4/c1-4-6-7-8-11-14(3)20-21-17(18)15-12-9-10-13-16(15)19-5-2/h9-10,12-13H,4-8,11H2,1-3H3. The molecule has 1 rings (SSSR count). The molecule has 0 N–H and O–H groups in total. The summed E-state index contributed by atoms with van der Waals surface area (Å²) in [5.41, 5.74) is 0.373. The molecule has 0 aliphatic rings. The van der Waals surface area contributed by atoms with E-state index in [1.165, 1.54) is 12.8 Å². The molecule has 1 aromatic carbocycles. The summed E-state index contributed by atoms with van der Waals surface area (Å²) in [5.74, 6) is -0.0267. The highest BCUT2D eigenvalue weighted by atomic mass is 17.2. The molecule has 117 valence electrons. The van der Waals surface area contributed by atoms with Gasteiger partial charge in [-0.1, -0.05) is 44.7 Å². The van der Waals surface area contributed by atoms with E-state index in [0.717, 1.165) is 19.3 Å². The molecule has 0 fully saturated rings. The predicted octanol–water partition coefficient (Wildman–Crippen LogP) is 4.70. The second-order valence-electron chi connectivity index (χ2n) is 4.90. The molecular formula is C17H25O4. The van der Waals surface area contributed by atoms with Crippen LogP contribution in [0.5, 0.6) is 5.75 Å². The van der Waals surface area contributed by atoms with E-state index < -0.39 is 5.97 Å². The van der Waals surface area contributed by atoms with E-state index in [0.29, 0.717) is 24.0 Å². The maximum atomic E-state index is 12.0. The molecule has 0 heterocycles. The fourth-order valence-corrected chi connectivity index (χ4v) is 1.91. The van der Waals surface area contributed by atoms with E-state index >= 15 is 0 Å². The van der Waals surface area contributed by atoms with Gasteiger partial charge in [-0.2, -0.15) is 4.89 Å². The average molecular weight is 293 g/mol. The third-order valence-corrected chi connectivity index (χ3v) is 3.05. The fraction of sp³-hybridized carbons (Fsp3) is 0.529. The van der Waals surface area contributed by atoms with Crippen molar-refractivity contribution in [3.05, 3.63) is 35.9 Å². The van der Waals surface area contributed by atoms with Gasteiger partial charge < -0.3 is 4.74 Å². The lowest BCUT2D eigenvalue weighted by atomic mass is 10.1. The lowest BCUT2D eigenvalue weighted by Gasteiger charge is -2.12. The van der Waals surface area contributed by atoms with Crippen LogP contribution in [0.15, 0.2) is 24.3 Å². The summed E-state index contributed by atoms with van der Waals surface area (Å²) in [7, 11) is 0. The maximum Gasteiger partial charge on any atom is 0.376 e. The Bertz CT molecular complexity index is 417. The van der Waals surface area contributed by atoms with Gasteiger partial charge in [0.05, 0.1) is 6.61 Å². The summed E-state index contributed by atoms with van der Waals surface area (Å²) < 4.78 is 5.39. The number of unbranched alkanes of at least 4 members (excludes halogenated alkanes) is 3. The van der Waals surface area contributed by atoms with Crippen LogP contribution in [0.2, 0.25) is 0 Å². The molecular weight excluding hydrogens is 268 g/mol. The Morgan fingerprint density at radius 1 is 1.05 bits per heavy atom. The largest absolute Gasteiger partial charge is 0.493 e. The molecule has 4 nitrogen and oxygen atoms in total. The quantitative estimate of drug-likeness (QED) is 0.356. The summed E-state index contributed by atoms with van der Waals surface area (Å²) in [5, 5.41) is 0. The first-order chi connectivity index (χ1) is 10.2. The van der Waals surface area contributed by atoms with Gasteiger partial charge in [0.15, 0.2) is 0 Å². The molecule has 0 atom stereocenters. The van der Waals surface area contributed by atoms with Gasteiger partial charge in [0.2, 0.25) is 0 Å². The van der Waals surface area contributed by atoms with E-state index in [1.54, 1.807) is 18.2 Å². The highest BCUT2D eigenvalue weighted by Crippen LogP contribution is 2.20. The molecule has 0 aliphatic heterocycles. The minimum absolute atomic E-state index is 0.373. The van der Waals surface area contributed by atoms with Gasteiger partial charge in [-0.15, -0.1) is 0 Å². The first-order valence-corrected chi connectivity index (χ1v) is 7.62. The van der Waals surface area contributed by atoms with Crippen LogP contribution in [0.1, 0.15) is 63.2 Å². The number of carbonyl (C=O) groups is 1. The number of ether oxygens (including phenoxy) is 1. The zero-order valence-electron chi connectivity index (χ0n) is 13.2. The monoisotopic (exact) mass is 293 g/mol. The third kappa shape index (κ3) is 6.63. The van der Waals surface area contributed by atoms with Gasteiger partial charge in [-0.05, 0) is 32.4 Å². The Hall–Kier alpha value is -1.55. The van der Waals surface area contributed by atoms with Crippen LogP contribution in [-0.4, -0.2) is 12.6 Å². The molecule has 0 unspecified atom stereocenters. The highest BCUT2D eigenvalue weighted by Gasteiger charge is 2.16. The minimum atomic E-state index is -0.535. The maximum absolute atomic E-state index is 12.0. The van der Waals surface area contributed by atoms with Crippen LogP contribution in [0.4, 0.5) is 0 Å². The molecule has 0 bridgehead atoms. The number of rotatable bonds is 10. The van der Waals surface area contributed by atoms with E-state index in [4.69, 9.17) is 14.5 Å². The molecule has 21 heavy (non-hydrogen) atoms. The molecule has 0 aromatic heterocycles. The second kappa shape index (κ2) is 10.2. The van der Waals surface area contributed by atoms with Crippen molar-refractivity contribution >= 4 is 5.97 Å². The van der Waals surface area contributed by atoms with Crippen molar-refractivity contribution in [2.45, 2.75) is 52.9 Å². The lowest BCUT2D eigenvalue weighted by molar-refractivity contribution is -0.233. The van der Waals surface area contributed by atoms with E-state index in [2.05, 4.69) is 6.92 Å². The molecule has 0 saturated heterocycles. The van der Waals surface area contributed by atoms with E-state index in [-0.39, 0.29) is 0 Å². The summed E-state index contributed by atoms with van der Waals surface area (Å²) in [6.45, 7) is 6.36. The summed E-state index contributed by atoms with van der Waals surface area (Å²) in [6, 6.07) is 6.98. The van der Waals surface area contributed by atoms with Gasteiger partial charge >= 0.3 is 5.97 Å². The van der Waals surface area contributed by atoms with Crippen molar-refractivity contribution in [3.8, 4) is 5.75 Å². The number of para-hydroxylation sites is 1. The van der Waals surface area contributed by atoms with Gasteiger partial charge in [-0.3, -0.25) is 4.89 Å². The SMILES string of the molecule is CCCCCC[C](C)OOC(=O)c1ccccc1OCC. The Morgan fingerprint density at radius 2 is 1.81 bits per heavy atom. The van der Waals surface area contributed by atoms with Crippen molar-refractivity contribution in [2.24, 2.45) is 0 Å². The second-order valence-corrected chi connectivity index (χ2v) is 4.90. The van der Waals surface area contributed by atoms with Crippen LogP contribution < -0.4 is 4.74 Å². The molecule has 0 aliphatic carbocycles. The average Bonchev–Trinajstić information content (AvgIpc) is 2.50. The zero-order valence-corrected chi connectivity index (χ0v) is 13.2. The molecule has 0 spiro atoms. The van der Waals surface area contributed by atoms with E-state index in [1.807, 2.05) is 19.9 Å². The smallest absolute Gasteiger partial charge is 0.376 e. The van der Waals surface area contributed by atoms with Gasteiger partial charge in [0, 0.05) is 0 Å². The van der Waals surface area contributed by atoms with Crippen LogP contribution in [0.25, 0.3) is 0 Å². The van der Waals surface area contributed by atoms with Crippen molar-refractivity contribution in [1.82, 2.24) is 0 Å². The number of benzene rings is 1. The van der Waals surface area contributed by atoms with Crippen LogP contribution in [-0.2, 0) is 9.78 Å². The summed E-state index contributed by atoms with van der Waals surface area (Å²) in [6.07, 6.45) is 6.15. The topological polar surface area (TPSA) is 44.8 Å². The summed E-state index contributed by atoms with van der Waals surface area (Å²) >= 11 is 0. The summed E-state index contributed by atoms with van der Waals surface area (Å²) in [4.78, 5) is 21.9. The van der Waals surface area contributed by atoms with Gasteiger partial charge in [0.25, 0.3) is 0 Å².